The summed E-state index contributed by atoms with van der Waals surface area (Å²) in [4.78, 5) is 10.3. The van der Waals surface area contributed by atoms with Crippen molar-refractivity contribution in [3.05, 3.63) is 86.9 Å². The monoisotopic (exact) mass is 518 g/mol. The van der Waals surface area contributed by atoms with E-state index in [9.17, 15) is 18.5 Å². The van der Waals surface area contributed by atoms with Gasteiger partial charge in [-0.1, -0.05) is 40.2 Å². The summed E-state index contributed by atoms with van der Waals surface area (Å²) in [5, 5.41) is 15.5. The van der Waals surface area contributed by atoms with Crippen LogP contribution in [0.25, 0.3) is 0 Å². The van der Waals surface area contributed by atoms with Crippen LogP contribution in [-0.2, 0) is 10.0 Å². The van der Waals surface area contributed by atoms with Gasteiger partial charge in [-0.3, -0.25) is 20.3 Å². The number of nitrogens with zero attached hydrogens (tertiary/aromatic N) is 2. The van der Waals surface area contributed by atoms with Crippen molar-refractivity contribution in [1.29, 1.82) is 0 Å². The molecule has 3 rings (SSSR count). The van der Waals surface area contributed by atoms with E-state index in [2.05, 4.69) is 31.2 Å². The normalized spacial score (nSPS) is 11.7. The first-order valence-corrected chi connectivity index (χ1v) is 11.5. The Bertz CT molecular complexity index is 1280. The lowest BCUT2D eigenvalue weighted by Crippen LogP contribution is -2.16. The van der Waals surface area contributed by atoms with Gasteiger partial charge in [0, 0.05) is 16.6 Å². The van der Waals surface area contributed by atoms with E-state index < -0.39 is 14.9 Å². The van der Waals surface area contributed by atoms with Crippen LogP contribution in [0.4, 0.5) is 17.1 Å². The summed E-state index contributed by atoms with van der Waals surface area (Å²) in [6.07, 6.45) is 0. The highest BCUT2D eigenvalue weighted by Gasteiger charge is 2.24. The van der Waals surface area contributed by atoms with Crippen molar-refractivity contribution in [2.24, 2.45) is 5.10 Å². The summed E-state index contributed by atoms with van der Waals surface area (Å²) < 4.78 is 34.8. The largest absolute Gasteiger partial charge is 0.495 e. The minimum Gasteiger partial charge on any atom is -0.495 e. The summed E-state index contributed by atoms with van der Waals surface area (Å²) >= 11 is 3.36. The Morgan fingerprint density at radius 1 is 1.06 bits per heavy atom. The van der Waals surface area contributed by atoms with E-state index in [4.69, 9.17) is 4.74 Å². The van der Waals surface area contributed by atoms with Crippen LogP contribution in [-0.4, -0.2) is 26.2 Å². The van der Waals surface area contributed by atoms with Gasteiger partial charge in [0.2, 0.25) is 0 Å². The molecular formula is C21H19BrN4O5S. The molecule has 0 saturated carbocycles. The van der Waals surface area contributed by atoms with Crippen LogP contribution in [0.5, 0.6) is 5.75 Å². The minimum absolute atomic E-state index is 0.0782. The molecule has 166 valence electrons. The number of sulfonamides is 1. The summed E-state index contributed by atoms with van der Waals surface area (Å²) in [5.41, 5.74) is 4.03. The van der Waals surface area contributed by atoms with Gasteiger partial charge in [0.1, 0.15) is 10.6 Å². The number of methoxy groups -OCH3 is 1. The topological polar surface area (TPSA) is 123 Å². The second kappa shape index (κ2) is 9.79. The average Bonchev–Trinajstić information content (AvgIpc) is 2.77. The van der Waals surface area contributed by atoms with E-state index in [0.29, 0.717) is 11.5 Å². The van der Waals surface area contributed by atoms with Crippen LogP contribution in [0.3, 0.4) is 0 Å². The molecule has 0 atom stereocenters. The number of hydrogen-bond acceptors (Lipinski definition) is 7. The molecule has 0 spiro atoms. The Hall–Kier alpha value is -3.44. The summed E-state index contributed by atoms with van der Waals surface area (Å²) in [6, 6.07) is 17.3. The third-order valence-corrected chi connectivity index (χ3v) is 6.36. The van der Waals surface area contributed by atoms with Gasteiger partial charge >= 0.3 is 0 Å². The molecule has 0 radical (unpaired) electrons. The predicted molar refractivity (Wildman–Crippen MR) is 127 cm³/mol. The van der Waals surface area contributed by atoms with Gasteiger partial charge in [-0.25, -0.2) is 8.42 Å². The lowest BCUT2D eigenvalue weighted by molar-refractivity contribution is -0.385. The number of nitrogens with one attached hydrogen (secondary N) is 2. The van der Waals surface area contributed by atoms with Gasteiger partial charge in [0.05, 0.1) is 29.1 Å². The van der Waals surface area contributed by atoms with Crippen molar-refractivity contribution in [2.75, 3.05) is 17.3 Å². The molecule has 2 N–H and O–H groups in total. The quantitative estimate of drug-likeness (QED) is 0.245. The molecule has 0 heterocycles. The SMILES string of the molecule is COc1ccccc1NS(=O)(=O)c1cc([N+](=O)[O-])ccc1N/N=C(/C)c1ccc(Br)cc1. The van der Waals surface area contributed by atoms with Crippen molar-refractivity contribution < 1.29 is 18.1 Å². The predicted octanol–water partition coefficient (Wildman–Crippen LogP) is 5.00. The minimum atomic E-state index is -4.22. The zero-order chi connectivity index (χ0) is 23.3. The number of nitro groups is 1. The van der Waals surface area contributed by atoms with Crippen molar-refractivity contribution in [1.82, 2.24) is 0 Å². The molecule has 0 unspecified atom stereocenters. The van der Waals surface area contributed by atoms with Crippen LogP contribution in [0.2, 0.25) is 0 Å². The van der Waals surface area contributed by atoms with Crippen LogP contribution >= 0.6 is 15.9 Å². The van der Waals surface area contributed by atoms with E-state index in [1.807, 2.05) is 24.3 Å². The lowest BCUT2D eigenvalue weighted by atomic mass is 10.1. The van der Waals surface area contributed by atoms with Crippen LogP contribution in [0.15, 0.2) is 81.2 Å². The van der Waals surface area contributed by atoms with Crippen molar-refractivity contribution in [3.63, 3.8) is 0 Å². The molecular weight excluding hydrogens is 500 g/mol. The van der Waals surface area contributed by atoms with E-state index in [1.165, 1.54) is 25.3 Å². The molecule has 0 fully saturated rings. The fraction of sp³-hybridized carbons (Fsp3) is 0.0952. The first-order chi connectivity index (χ1) is 15.2. The number of para-hydroxylation sites is 2. The summed E-state index contributed by atoms with van der Waals surface area (Å²) in [5.74, 6) is 0.306. The van der Waals surface area contributed by atoms with Gasteiger partial charge in [-0.2, -0.15) is 5.10 Å². The van der Waals surface area contributed by atoms with Crippen LogP contribution < -0.4 is 14.9 Å². The van der Waals surface area contributed by atoms with Crippen molar-refractivity contribution in [2.45, 2.75) is 11.8 Å². The standard InChI is InChI=1S/C21H19BrN4O5S/c1-14(15-7-9-16(22)10-8-15)23-24-19-12-11-17(26(27)28)13-21(19)32(29,30)25-18-5-3-4-6-20(18)31-2/h3-13,24-25H,1-2H3/b23-14-. The Balaban J connectivity index is 2.00. The first kappa shape index (κ1) is 23.2. The van der Waals surface area contributed by atoms with Crippen LogP contribution in [0, 0.1) is 10.1 Å². The molecule has 32 heavy (non-hydrogen) atoms. The third-order valence-electron chi connectivity index (χ3n) is 4.42. The second-order valence-electron chi connectivity index (χ2n) is 6.56. The van der Waals surface area contributed by atoms with Gasteiger partial charge in [-0.15, -0.1) is 0 Å². The van der Waals surface area contributed by atoms with E-state index in [1.54, 1.807) is 25.1 Å². The molecule has 11 heteroatoms. The van der Waals surface area contributed by atoms with E-state index >= 15 is 0 Å². The molecule has 3 aromatic rings. The Morgan fingerprint density at radius 2 is 1.75 bits per heavy atom. The molecule has 0 aromatic heterocycles. The number of hydrogen-bond donors (Lipinski definition) is 2. The number of nitro benzene ring substituents is 1. The van der Waals surface area contributed by atoms with Gasteiger partial charge in [0.15, 0.2) is 0 Å². The van der Waals surface area contributed by atoms with E-state index in [-0.39, 0.29) is 22.0 Å². The number of benzene rings is 3. The summed E-state index contributed by atoms with van der Waals surface area (Å²) in [7, 11) is -2.81. The molecule has 9 nitrogen and oxygen atoms in total. The molecule has 0 amide bonds. The van der Waals surface area contributed by atoms with Gasteiger partial charge in [0.25, 0.3) is 15.7 Å². The number of hydrazone groups is 1. The number of rotatable bonds is 8. The maximum Gasteiger partial charge on any atom is 0.270 e. The number of halogens is 1. The third kappa shape index (κ3) is 5.42. The smallest absolute Gasteiger partial charge is 0.270 e. The zero-order valence-corrected chi connectivity index (χ0v) is 19.5. The number of non-ortho nitro benzene ring substituents is 1. The highest BCUT2D eigenvalue weighted by atomic mass is 79.9. The first-order valence-electron chi connectivity index (χ1n) is 9.22. The number of ether oxygens (including phenoxy) is 1. The van der Waals surface area contributed by atoms with Gasteiger partial charge < -0.3 is 4.74 Å². The molecule has 0 aliphatic carbocycles. The molecule has 0 aliphatic heterocycles. The maximum atomic E-state index is 13.1. The Morgan fingerprint density at radius 3 is 2.41 bits per heavy atom. The van der Waals surface area contributed by atoms with Crippen LogP contribution in [0.1, 0.15) is 12.5 Å². The number of anilines is 2. The molecule has 3 aromatic carbocycles. The lowest BCUT2D eigenvalue weighted by Gasteiger charge is -2.14. The summed E-state index contributed by atoms with van der Waals surface area (Å²) in [6.45, 7) is 1.75. The second-order valence-corrected chi connectivity index (χ2v) is 9.13. The Kier molecular flexibility index (Phi) is 7.11. The van der Waals surface area contributed by atoms with Crippen molar-refractivity contribution >= 4 is 48.7 Å². The fourth-order valence-corrected chi connectivity index (χ4v) is 4.28. The van der Waals surface area contributed by atoms with E-state index in [0.717, 1.165) is 16.1 Å². The molecule has 0 saturated heterocycles. The highest BCUT2D eigenvalue weighted by Crippen LogP contribution is 2.31. The fourth-order valence-electron chi connectivity index (χ4n) is 2.77. The average molecular weight is 519 g/mol. The molecule has 0 aliphatic rings. The van der Waals surface area contributed by atoms with Gasteiger partial charge in [-0.05, 0) is 42.8 Å². The maximum absolute atomic E-state index is 13.1. The highest BCUT2D eigenvalue weighted by molar-refractivity contribution is 9.10. The zero-order valence-electron chi connectivity index (χ0n) is 17.1. The van der Waals surface area contributed by atoms with Crippen molar-refractivity contribution in [3.8, 4) is 5.75 Å². The molecule has 0 bridgehead atoms. The Labute approximate surface area is 193 Å².